The zero-order valence-electron chi connectivity index (χ0n) is 15.6. The molecule has 0 heterocycles. The molecule has 0 aliphatic heterocycles. The van der Waals surface area contributed by atoms with Crippen LogP contribution in [0.5, 0.6) is 0 Å². The minimum absolute atomic E-state index is 0.0926. The van der Waals surface area contributed by atoms with E-state index in [0.29, 0.717) is 32.1 Å². The lowest BCUT2D eigenvalue weighted by Crippen LogP contribution is -2.65. The molecule has 0 aromatic rings. The summed E-state index contributed by atoms with van der Waals surface area (Å²) in [5.41, 5.74) is -1.76. The largest absolute Gasteiger partial charge is 0.389 e. The van der Waals surface area contributed by atoms with E-state index in [2.05, 4.69) is 13.8 Å². The maximum atomic E-state index is 12.2. The molecule has 3 saturated carbocycles. The molecule has 6 atom stereocenters. The first-order chi connectivity index (χ1) is 11.6. The summed E-state index contributed by atoms with van der Waals surface area (Å²) in [6, 6.07) is 0. The van der Waals surface area contributed by atoms with E-state index >= 15 is 0 Å². The van der Waals surface area contributed by atoms with Crippen LogP contribution in [0.1, 0.15) is 72.1 Å². The van der Waals surface area contributed by atoms with Crippen molar-refractivity contribution in [3.8, 4) is 0 Å². The molecular formula is C21H30O4. The first-order valence-electron chi connectivity index (χ1n) is 9.78. The van der Waals surface area contributed by atoms with Crippen LogP contribution in [0.15, 0.2) is 11.6 Å². The molecule has 0 amide bonds. The minimum atomic E-state index is -1.25. The smallest absolute Gasteiger partial charge is 0.161 e. The van der Waals surface area contributed by atoms with Crippen LogP contribution in [0.3, 0.4) is 0 Å². The summed E-state index contributed by atoms with van der Waals surface area (Å²) in [6.45, 7) is 5.69. The lowest BCUT2D eigenvalue weighted by Gasteiger charge is -2.63. The molecule has 2 N–H and O–H groups in total. The topological polar surface area (TPSA) is 74.6 Å². The molecule has 0 radical (unpaired) electrons. The van der Waals surface area contributed by atoms with Crippen molar-refractivity contribution in [2.45, 2.75) is 83.3 Å². The van der Waals surface area contributed by atoms with Crippen LogP contribution in [0.25, 0.3) is 0 Å². The van der Waals surface area contributed by atoms with Gasteiger partial charge in [-0.15, -0.1) is 0 Å². The zero-order chi connectivity index (χ0) is 18.3. The van der Waals surface area contributed by atoms with Gasteiger partial charge in [-0.2, -0.15) is 0 Å². The van der Waals surface area contributed by atoms with Crippen molar-refractivity contribution in [3.63, 3.8) is 0 Å². The number of fused-ring (bicyclic) bond motifs is 5. The van der Waals surface area contributed by atoms with Gasteiger partial charge < -0.3 is 10.2 Å². The van der Waals surface area contributed by atoms with Gasteiger partial charge in [0.15, 0.2) is 11.6 Å². The highest BCUT2D eigenvalue weighted by molar-refractivity contribution is 5.91. The average Bonchev–Trinajstić information content (AvgIpc) is 2.83. The highest BCUT2D eigenvalue weighted by atomic mass is 16.3. The molecule has 3 fully saturated rings. The number of hydrogen-bond acceptors (Lipinski definition) is 4. The van der Waals surface area contributed by atoms with E-state index < -0.39 is 16.6 Å². The third-order valence-electron chi connectivity index (χ3n) is 8.88. The molecule has 4 aliphatic rings. The third-order valence-corrected chi connectivity index (χ3v) is 8.88. The fraction of sp³-hybridized carbons (Fsp3) is 0.810. The molecule has 0 aromatic carbocycles. The normalized spacial score (nSPS) is 52.0. The summed E-state index contributed by atoms with van der Waals surface area (Å²) in [5.74, 6) is 0.307. The molecule has 4 nitrogen and oxygen atoms in total. The Morgan fingerprint density at radius 1 is 1.04 bits per heavy atom. The van der Waals surface area contributed by atoms with Gasteiger partial charge in [0.05, 0.1) is 5.60 Å². The van der Waals surface area contributed by atoms with Gasteiger partial charge in [0, 0.05) is 17.3 Å². The molecule has 0 aromatic heterocycles. The lowest BCUT2D eigenvalue weighted by atomic mass is 9.44. The summed E-state index contributed by atoms with van der Waals surface area (Å²) in [5, 5.41) is 23.0. The highest BCUT2D eigenvalue weighted by Crippen LogP contribution is 2.69. The van der Waals surface area contributed by atoms with Gasteiger partial charge in [-0.25, -0.2) is 0 Å². The first-order valence-corrected chi connectivity index (χ1v) is 9.78. The van der Waals surface area contributed by atoms with Gasteiger partial charge in [0.2, 0.25) is 0 Å². The van der Waals surface area contributed by atoms with E-state index in [1.807, 2.05) is 0 Å². The lowest BCUT2D eigenvalue weighted by molar-refractivity contribution is -0.209. The van der Waals surface area contributed by atoms with E-state index in [-0.39, 0.29) is 28.8 Å². The molecule has 0 bridgehead atoms. The Hall–Kier alpha value is -1.00. The second-order valence-electron chi connectivity index (χ2n) is 9.52. The predicted octanol–water partition coefficient (Wildman–Crippen LogP) is 2.95. The summed E-state index contributed by atoms with van der Waals surface area (Å²) in [4.78, 5) is 24.1. The van der Waals surface area contributed by atoms with Crippen LogP contribution in [-0.2, 0) is 9.59 Å². The van der Waals surface area contributed by atoms with Crippen LogP contribution in [0.4, 0.5) is 0 Å². The summed E-state index contributed by atoms with van der Waals surface area (Å²) < 4.78 is 0. The average molecular weight is 346 g/mol. The number of aliphatic hydroxyl groups is 2. The van der Waals surface area contributed by atoms with Crippen molar-refractivity contribution >= 4 is 11.6 Å². The van der Waals surface area contributed by atoms with E-state index in [4.69, 9.17) is 0 Å². The van der Waals surface area contributed by atoms with Crippen molar-refractivity contribution in [2.24, 2.45) is 22.7 Å². The Labute approximate surface area is 149 Å². The highest BCUT2D eigenvalue weighted by Gasteiger charge is 2.69. The zero-order valence-corrected chi connectivity index (χ0v) is 15.6. The number of rotatable bonds is 1. The molecule has 0 saturated heterocycles. The van der Waals surface area contributed by atoms with Crippen molar-refractivity contribution in [2.75, 3.05) is 0 Å². The maximum absolute atomic E-state index is 12.2. The number of hydrogen-bond donors (Lipinski definition) is 2. The Kier molecular flexibility index (Phi) is 3.51. The summed E-state index contributed by atoms with van der Waals surface area (Å²) in [6.07, 6.45) is 7.27. The number of Topliss-reactive ketones (excluding diaryl/α,β-unsaturated/α-hetero) is 1. The van der Waals surface area contributed by atoms with Gasteiger partial charge in [0.1, 0.15) is 5.60 Å². The second kappa shape index (κ2) is 5.04. The monoisotopic (exact) mass is 346 g/mol. The van der Waals surface area contributed by atoms with Crippen molar-refractivity contribution in [1.29, 1.82) is 0 Å². The van der Waals surface area contributed by atoms with Crippen LogP contribution in [-0.4, -0.2) is 33.0 Å². The third kappa shape index (κ3) is 1.90. The Bertz CT molecular complexity index is 681. The Morgan fingerprint density at radius 3 is 2.44 bits per heavy atom. The standard InChI is InChI=1S/C21H30O4/c1-13(22)20(24)9-7-16-17-5-4-14-12-15(23)6-8-18(14,2)21(17,25)11-10-19(16,20)3/h12,16-17,24-25H,4-11H2,1-3H3/t16-,17-,18-,19-,20-,21-/m0/s1. The molecule has 25 heavy (non-hydrogen) atoms. The molecule has 0 unspecified atom stereocenters. The van der Waals surface area contributed by atoms with Gasteiger partial charge >= 0.3 is 0 Å². The minimum Gasteiger partial charge on any atom is -0.389 e. The maximum Gasteiger partial charge on any atom is 0.161 e. The predicted molar refractivity (Wildman–Crippen MR) is 93.8 cm³/mol. The van der Waals surface area contributed by atoms with Crippen molar-refractivity contribution in [3.05, 3.63) is 11.6 Å². The molecule has 4 rings (SSSR count). The van der Waals surface area contributed by atoms with E-state index in [1.165, 1.54) is 6.92 Å². The second-order valence-corrected chi connectivity index (χ2v) is 9.52. The summed E-state index contributed by atoms with van der Waals surface area (Å²) in [7, 11) is 0. The molecular weight excluding hydrogens is 316 g/mol. The van der Waals surface area contributed by atoms with Gasteiger partial charge in [-0.1, -0.05) is 19.4 Å². The number of carbonyl (C=O) groups excluding carboxylic acids is 2. The van der Waals surface area contributed by atoms with E-state index in [1.54, 1.807) is 6.08 Å². The Morgan fingerprint density at radius 2 is 1.76 bits per heavy atom. The Balaban J connectivity index is 1.76. The fourth-order valence-corrected chi connectivity index (χ4v) is 7.10. The van der Waals surface area contributed by atoms with E-state index in [9.17, 15) is 19.8 Å². The molecule has 4 heteroatoms. The molecule has 138 valence electrons. The first kappa shape index (κ1) is 17.4. The van der Waals surface area contributed by atoms with Crippen LogP contribution in [0, 0.1) is 22.7 Å². The van der Waals surface area contributed by atoms with Crippen LogP contribution < -0.4 is 0 Å². The van der Waals surface area contributed by atoms with Gasteiger partial charge in [-0.3, -0.25) is 9.59 Å². The molecule has 4 aliphatic carbocycles. The van der Waals surface area contributed by atoms with Gasteiger partial charge in [0.25, 0.3) is 0 Å². The van der Waals surface area contributed by atoms with E-state index in [0.717, 1.165) is 24.8 Å². The van der Waals surface area contributed by atoms with Gasteiger partial charge in [-0.05, 0) is 69.8 Å². The number of carbonyl (C=O) groups is 2. The number of ketones is 2. The van der Waals surface area contributed by atoms with Crippen LogP contribution >= 0.6 is 0 Å². The van der Waals surface area contributed by atoms with Crippen molar-refractivity contribution in [1.82, 2.24) is 0 Å². The fourth-order valence-electron chi connectivity index (χ4n) is 7.10. The van der Waals surface area contributed by atoms with Crippen molar-refractivity contribution < 1.29 is 19.8 Å². The SMILES string of the molecule is CC(=O)[C@@]1(O)CC[C@H]2[C@@H]3CCC4=CC(=O)CC[C@]4(C)[C@]3(O)CC[C@@]21C. The summed E-state index contributed by atoms with van der Waals surface area (Å²) >= 11 is 0. The molecule has 0 spiro atoms. The van der Waals surface area contributed by atoms with Crippen LogP contribution in [0.2, 0.25) is 0 Å². The quantitative estimate of drug-likeness (QED) is 0.765.